The van der Waals surface area contributed by atoms with E-state index in [-0.39, 0.29) is 12.2 Å². The number of hydrogen-bond donors (Lipinski definition) is 1. The van der Waals surface area contributed by atoms with Crippen LogP contribution in [0.4, 0.5) is 4.39 Å². The van der Waals surface area contributed by atoms with Crippen LogP contribution in [0.3, 0.4) is 0 Å². The third-order valence-electron chi connectivity index (χ3n) is 1.96. The highest BCUT2D eigenvalue weighted by molar-refractivity contribution is 9.08. The van der Waals surface area contributed by atoms with Crippen molar-refractivity contribution in [1.82, 2.24) is 0 Å². The van der Waals surface area contributed by atoms with Gasteiger partial charge in [0.2, 0.25) is 0 Å². The molecule has 0 saturated heterocycles. The third-order valence-corrected chi connectivity index (χ3v) is 2.56. The van der Waals surface area contributed by atoms with Crippen LogP contribution in [0.2, 0.25) is 0 Å². The Balaban J connectivity index is 3.23. The lowest BCUT2D eigenvalue weighted by molar-refractivity contribution is -0.136. The number of carboxylic acids is 1. The maximum Gasteiger partial charge on any atom is 0.307 e. The van der Waals surface area contributed by atoms with E-state index in [1.54, 1.807) is 0 Å². The van der Waals surface area contributed by atoms with Crippen LogP contribution >= 0.6 is 15.9 Å². The van der Waals surface area contributed by atoms with Gasteiger partial charge in [0.1, 0.15) is 11.6 Å². The molecule has 1 aromatic rings. The van der Waals surface area contributed by atoms with Crippen LogP contribution in [-0.4, -0.2) is 18.2 Å². The van der Waals surface area contributed by atoms with E-state index >= 15 is 0 Å². The number of halogens is 2. The van der Waals surface area contributed by atoms with Crippen molar-refractivity contribution in [2.75, 3.05) is 7.11 Å². The van der Waals surface area contributed by atoms with E-state index in [2.05, 4.69) is 15.9 Å². The van der Waals surface area contributed by atoms with E-state index in [4.69, 9.17) is 9.84 Å². The molecule has 0 fully saturated rings. The summed E-state index contributed by atoms with van der Waals surface area (Å²) in [6.45, 7) is 0. The number of alkyl halides is 1. The van der Waals surface area contributed by atoms with Crippen LogP contribution in [0.1, 0.15) is 11.1 Å². The first kappa shape index (κ1) is 12.0. The lowest BCUT2D eigenvalue weighted by Gasteiger charge is -2.11. The lowest BCUT2D eigenvalue weighted by Crippen LogP contribution is -2.06. The number of ether oxygens (including phenoxy) is 1. The molecule has 0 unspecified atom stereocenters. The first-order chi connectivity index (χ1) is 7.08. The SMILES string of the molecule is COc1cc(F)cc(CBr)c1CC(=O)O. The van der Waals surface area contributed by atoms with Gasteiger partial charge in [0, 0.05) is 17.0 Å². The van der Waals surface area contributed by atoms with Crippen molar-refractivity contribution in [3.8, 4) is 5.75 Å². The standard InChI is InChI=1S/C10H10BrFO3/c1-15-9-3-7(12)2-6(5-11)8(9)4-10(13)14/h2-3H,4-5H2,1H3,(H,13,14). The van der Waals surface area contributed by atoms with Crippen LogP contribution in [-0.2, 0) is 16.5 Å². The Morgan fingerprint density at radius 2 is 2.27 bits per heavy atom. The van der Waals surface area contributed by atoms with Crippen LogP contribution < -0.4 is 4.74 Å². The first-order valence-corrected chi connectivity index (χ1v) is 5.33. The van der Waals surface area contributed by atoms with E-state index in [0.717, 1.165) is 0 Å². The zero-order valence-electron chi connectivity index (χ0n) is 8.09. The largest absolute Gasteiger partial charge is 0.496 e. The highest BCUT2D eigenvalue weighted by Gasteiger charge is 2.14. The first-order valence-electron chi connectivity index (χ1n) is 4.21. The molecule has 0 aromatic heterocycles. The second-order valence-corrected chi connectivity index (χ2v) is 3.51. The fourth-order valence-electron chi connectivity index (χ4n) is 1.32. The molecule has 5 heteroatoms. The number of carbonyl (C=O) groups is 1. The Hall–Kier alpha value is -1.10. The molecule has 0 heterocycles. The molecule has 1 N–H and O–H groups in total. The topological polar surface area (TPSA) is 46.5 Å². The van der Waals surface area contributed by atoms with Crippen molar-refractivity contribution in [2.24, 2.45) is 0 Å². The Kier molecular flexibility index (Phi) is 4.08. The monoisotopic (exact) mass is 276 g/mol. The third kappa shape index (κ3) is 2.92. The fraction of sp³-hybridized carbons (Fsp3) is 0.300. The summed E-state index contributed by atoms with van der Waals surface area (Å²) in [7, 11) is 1.39. The molecule has 15 heavy (non-hydrogen) atoms. The van der Waals surface area contributed by atoms with Crippen molar-refractivity contribution >= 4 is 21.9 Å². The van der Waals surface area contributed by atoms with Gasteiger partial charge in [-0.05, 0) is 11.6 Å². The van der Waals surface area contributed by atoms with Gasteiger partial charge in [-0.15, -0.1) is 0 Å². The van der Waals surface area contributed by atoms with Crippen molar-refractivity contribution in [2.45, 2.75) is 11.8 Å². The summed E-state index contributed by atoms with van der Waals surface area (Å²) < 4.78 is 18.0. The van der Waals surface area contributed by atoms with Crippen LogP contribution in [0.15, 0.2) is 12.1 Å². The number of rotatable bonds is 4. The summed E-state index contributed by atoms with van der Waals surface area (Å²) in [6.07, 6.45) is -0.176. The molecular weight excluding hydrogens is 267 g/mol. The second-order valence-electron chi connectivity index (χ2n) is 2.95. The molecule has 1 rings (SSSR count). The quantitative estimate of drug-likeness (QED) is 0.859. The van der Waals surface area contributed by atoms with Gasteiger partial charge in [0.05, 0.1) is 13.5 Å². The summed E-state index contributed by atoms with van der Waals surface area (Å²) >= 11 is 3.18. The molecule has 3 nitrogen and oxygen atoms in total. The van der Waals surface area contributed by atoms with Crippen molar-refractivity contribution in [1.29, 1.82) is 0 Å². The summed E-state index contributed by atoms with van der Waals surface area (Å²) in [5.74, 6) is -1.13. The van der Waals surface area contributed by atoms with Gasteiger partial charge in [0.25, 0.3) is 0 Å². The molecule has 0 aliphatic rings. The number of aliphatic carboxylic acids is 1. The van der Waals surface area contributed by atoms with Gasteiger partial charge >= 0.3 is 5.97 Å². The Labute approximate surface area is 95.0 Å². The molecule has 0 bridgehead atoms. The van der Waals surface area contributed by atoms with Gasteiger partial charge < -0.3 is 9.84 Å². The normalized spacial score (nSPS) is 10.1. The zero-order chi connectivity index (χ0) is 11.4. The maximum absolute atomic E-state index is 13.1. The smallest absolute Gasteiger partial charge is 0.307 e. The molecule has 82 valence electrons. The van der Waals surface area contributed by atoms with Crippen molar-refractivity contribution in [3.63, 3.8) is 0 Å². The molecule has 0 spiro atoms. The van der Waals surface area contributed by atoms with Crippen LogP contribution in [0.25, 0.3) is 0 Å². The van der Waals surface area contributed by atoms with E-state index in [1.807, 2.05) is 0 Å². The van der Waals surface area contributed by atoms with Crippen molar-refractivity contribution < 1.29 is 19.0 Å². The number of methoxy groups -OCH3 is 1. The highest BCUT2D eigenvalue weighted by Crippen LogP contribution is 2.26. The van der Waals surface area contributed by atoms with Gasteiger partial charge in [-0.3, -0.25) is 4.79 Å². The van der Waals surface area contributed by atoms with E-state index in [9.17, 15) is 9.18 Å². The molecule has 0 amide bonds. The summed E-state index contributed by atoms with van der Waals surface area (Å²) in [5, 5.41) is 9.10. The molecule has 0 aliphatic carbocycles. The van der Waals surface area contributed by atoms with Crippen LogP contribution in [0, 0.1) is 5.82 Å². The number of carboxylic acid groups (broad SMARTS) is 1. The minimum absolute atomic E-state index is 0.176. The summed E-state index contributed by atoms with van der Waals surface area (Å²) in [4.78, 5) is 10.6. The molecule has 0 radical (unpaired) electrons. The molecule has 0 aliphatic heterocycles. The second kappa shape index (κ2) is 5.11. The van der Waals surface area contributed by atoms with E-state index in [1.165, 1.54) is 19.2 Å². The van der Waals surface area contributed by atoms with Gasteiger partial charge in [-0.2, -0.15) is 0 Å². The zero-order valence-corrected chi connectivity index (χ0v) is 9.67. The number of benzene rings is 1. The predicted molar refractivity (Wildman–Crippen MR) is 56.9 cm³/mol. The average molecular weight is 277 g/mol. The molecule has 0 atom stereocenters. The van der Waals surface area contributed by atoms with Gasteiger partial charge in [0.15, 0.2) is 0 Å². The average Bonchev–Trinajstić information content (AvgIpc) is 2.19. The minimum Gasteiger partial charge on any atom is -0.496 e. The maximum atomic E-state index is 13.1. The van der Waals surface area contributed by atoms with E-state index < -0.39 is 11.8 Å². The van der Waals surface area contributed by atoms with E-state index in [0.29, 0.717) is 16.5 Å². The lowest BCUT2D eigenvalue weighted by atomic mass is 10.0. The fourth-order valence-corrected chi connectivity index (χ4v) is 1.82. The summed E-state index contributed by atoms with van der Waals surface area (Å²) in [6, 6.07) is 2.49. The number of hydrogen-bond acceptors (Lipinski definition) is 2. The van der Waals surface area contributed by atoms with Crippen molar-refractivity contribution in [3.05, 3.63) is 29.1 Å². The molecule has 1 aromatic carbocycles. The Morgan fingerprint density at radius 1 is 1.60 bits per heavy atom. The minimum atomic E-state index is -0.970. The predicted octanol–water partition coefficient (Wildman–Crippen LogP) is 2.36. The van der Waals surface area contributed by atoms with Gasteiger partial charge in [-0.1, -0.05) is 15.9 Å². The summed E-state index contributed by atoms with van der Waals surface area (Å²) in [5.41, 5.74) is 1.09. The molecular formula is C10H10BrFO3. The Bertz CT molecular complexity index is 354. The van der Waals surface area contributed by atoms with Crippen LogP contribution in [0.5, 0.6) is 5.75 Å². The highest BCUT2D eigenvalue weighted by atomic mass is 79.9. The Morgan fingerprint density at radius 3 is 2.73 bits per heavy atom. The molecule has 0 saturated carbocycles. The van der Waals surface area contributed by atoms with Gasteiger partial charge in [-0.25, -0.2) is 4.39 Å².